The van der Waals surface area contributed by atoms with Crippen LogP contribution in [0.4, 0.5) is 5.13 Å². The number of anilines is 1. The summed E-state index contributed by atoms with van der Waals surface area (Å²) in [6.45, 7) is 0.256. The van der Waals surface area contributed by atoms with Crippen molar-refractivity contribution in [3.05, 3.63) is 40.4 Å². The molecule has 1 aromatic heterocycles. The number of hydrogen-bond acceptors (Lipinski definition) is 6. The number of aryl methyl sites for hydroxylation is 2. The Morgan fingerprint density at radius 3 is 2.86 bits per heavy atom. The molecule has 10 heteroatoms. The summed E-state index contributed by atoms with van der Waals surface area (Å²) in [5, 5.41) is 5.94. The van der Waals surface area contributed by atoms with Gasteiger partial charge >= 0.3 is 0 Å². The summed E-state index contributed by atoms with van der Waals surface area (Å²) < 4.78 is 26.8. The van der Waals surface area contributed by atoms with E-state index in [9.17, 15) is 18.0 Å². The van der Waals surface area contributed by atoms with Gasteiger partial charge in [-0.3, -0.25) is 14.9 Å². The molecule has 29 heavy (non-hydrogen) atoms. The summed E-state index contributed by atoms with van der Waals surface area (Å²) in [6.07, 6.45) is 5.36. The number of carbonyl (C=O) groups is 2. The molecule has 2 aromatic rings. The fourth-order valence-corrected chi connectivity index (χ4v) is 6.01. The van der Waals surface area contributed by atoms with Crippen molar-refractivity contribution in [2.24, 2.45) is 0 Å². The van der Waals surface area contributed by atoms with Crippen molar-refractivity contribution in [1.82, 2.24) is 14.6 Å². The van der Waals surface area contributed by atoms with Crippen LogP contribution < -0.4 is 10.6 Å². The molecule has 2 N–H and O–H groups in total. The number of sulfonamides is 1. The first kappa shape index (κ1) is 20.0. The first-order valence-electron chi connectivity index (χ1n) is 9.60. The van der Waals surface area contributed by atoms with Crippen molar-refractivity contribution in [2.45, 2.75) is 37.0 Å². The summed E-state index contributed by atoms with van der Waals surface area (Å²) in [4.78, 5) is 30.0. The van der Waals surface area contributed by atoms with E-state index < -0.39 is 15.9 Å². The molecule has 2 aliphatic rings. The van der Waals surface area contributed by atoms with Gasteiger partial charge in [0.15, 0.2) is 5.13 Å². The van der Waals surface area contributed by atoms with Gasteiger partial charge in [0.2, 0.25) is 15.9 Å². The molecule has 4 rings (SSSR count). The second kappa shape index (κ2) is 8.21. The number of amides is 2. The fourth-order valence-electron chi connectivity index (χ4n) is 3.52. The number of nitrogens with zero attached hydrogens (tertiary/aromatic N) is 2. The second-order valence-corrected chi connectivity index (χ2v) is 10.1. The van der Waals surface area contributed by atoms with Gasteiger partial charge in [-0.25, -0.2) is 13.4 Å². The zero-order chi connectivity index (χ0) is 20.4. The smallest absolute Gasteiger partial charge is 0.257 e. The van der Waals surface area contributed by atoms with E-state index >= 15 is 0 Å². The van der Waals surface area contributed by atoms with E-state index in [1.54, 1.807) is 6.07 Å². The highest BCUT2D eigenvalue weighted by Crippen LogP contribution is 2.29. The van der Waals surface area contributed by atoms with E-state index in [1.165, 1.54) is 40.8 Å². The van der Waals surface area contributed by atoms with E-state index in [0.29, 0.717) is 5.13 Å². The lowest BCUT2D eigenvalue weighted by Crippen LogP contribution is -2.49. The maximum atomic E-state index is 12.8. The van der Waals surface area contributed by atoms with E-state index in [4.69, 9.17) is 0 Å². The Bertz CT molecular complexity index is 1020. The number of hydrogen-bond donors (Lipinski definition) is 2. The minimum atomic E-state index is -3.85. The Kier molecular flexibility index (Phi) is 5.66. The number of piperazine rings is 1. The number of nitrogens with one attached hydrogen (secondary N) is 2. The SMILES string of the molecule is O=C1CN(S(=O)(=O)c2cccc(C(=O)Nc3nc4c(s3)CCCCC4)c2)CCN1. The molecule has 0 radical (unpaired) electrons. The topological polar surface area (TPSA) is 108 Å². The third kappa shape index (κ3) is 4.34. The highest BCUT2D eigenvalue weighted by Gasteiger charge is 2.29. The summed E-state index contributed by atoms with van der Waals surface area (Å²) in [5.74, 6) is -0.736. The lowest BCUT2D eigenvalue weighted by molar-refractivity contribution is -0.122. The van der Waals surface area contributed by atoms with Gasteiger partial charge in [-0.1, -0.05) is 12.5 Å². The second-order valence-electron chi connectivity index (χ2n) is 7.12. The zero-order valence-corrected chi connectivity index (χ0v) is 17.4. The van der Waals surface area contributed by atoms with Crippen molar-refractivity contribution in [3.8, 4) is 0 Å². The van der Waals surface area contributed by atoms with Gasteiger partial charge in [-0.2, -0.15) is 4.31 Å². The molecule has 0 spiro atoms. The Balaban J connectivity index is 1.52. The third-order valence-corrected chi connectivity index (χ3v) is 7.97. The Labute approximate surface area is 173 Å². The molecule has 1 saturated heterocycles. The predicted octanol–water partition coefficient (Wildman–Crippen LogP) is 1.78. The van der Waals surface area contributed by atoms with Crippen molar-refractivity contribution in [2.75, 3.05) is 25.0 Å². The molecule has 0 atom stereocenters. The van der Waals surface area contributed by atoms with E-state index in [0.717, 1.165) is 35.7 Å². The van der Waals surface area contributed by atoms with Crippen molar-refractivity contribution >= 4 is 38.3 Å². The van der Waals surface area contributed by atoms with Crippen LogP contribution in [0.2, 0.25) is 0 Å². The van der Waals surface area contributed by atoms with E-state index in [1.807, 2.05) is 0 Å². The summed E-state index contributed by atoms with van der Waals surface area (Å²) in [5.41, 5.74) is 1.29. The minimum absolute atomic E-state index is 0.00484. The van der Waals surface area contributed by atoms with Crippen molar-refractivity contribution in [1.29, 1.82) is 0 Å². The molecular weight excluding hydrogens is 412 g/mol. The first-order chi connectivity index (χ1) is 13.9. The van der Waals surface area contributed by atoms with Crippen LogP contribution in [0.25, 0.3) is 0 Å². The summed E-state index contributed by atoms with van der Waals surface area (Å²) >= 11 is 1.49. The Morgan fingerprint density at radius 1 is 1.21 bits per heavy atom. The highest BCUT2D eigenvalue weighted by molar-refractivity contribution is 7.89. The van der Waals surface area contributed by atoms with Gasteiger partial charge in [-0.05, 0) is 43.9 Å². The lowest BCUT2D eigenvalue weighted by atomic mass is 10.2. The Hall–Kier alpha value is -2.30. The molecule has 1 aliphatic heterocycles. The minimum Gasteiger partial charge on any atom is -0.354 e. The third-order valence-electron chi connectivity index (χ3n) is 5.05. The van der Waals surface area contributed by atoms with Gasteiger partial charge < -0.3 is 5.32 Å². The quantitative estimate of drug-likeness (QED) is 0.713. The summed E-state index contributed by atoms with van der Waals surface area (Å²) in [7, 11) is -3.85. The van der Waals surface area contributed by atoms with Crippen molar-refractivity contribution in [3.63, 3.8) is 0 Å². The van der Waals surface area contributed by atoms with E-state index in [-0.39, 0.29) is 36.0 Å². The Morgan fingerprint density at radius 2 is 2.03 bits per heavy atom. The zero-order valence-electron chi connectivity index (χ0n) is 15.8. The molecule has 8 nitrogen and oxygen atoms in total. The van der Waals surface area contributed by atoms with Gasteiger partial charge in [-0.15, -0.1) is 11.3 Å². The number of fused-ring (bicyclic) bond motifs is 1. The largest absolute Gasteiger partial charge is 0.354 e. The molecule has 2 amide bonds. The van der Waals surface area contributed by atoms with Crippen LogP contribution in [-0.4, -0.2) is 49.2 Å². The van der Waals surface area contributed by atoms with Crippen molar-refractivity contribution < 1.29 is 18.0 Å². The van der Waals surface area contributed by atoms with Gasteiger partial charge in [0.05, 0.1) is 17.1 Å². The van der Waals surface area contributed by atoms with Gasteiger partial charge in [0.25, 0.3) is 5.91 Å². The number of benzene rings is 1. The van der Waals surface area contributed by atoms with Gasteiger partial charge in [0.1, 0.15) is 0 Å². The summed E-state index contributed by atoms with van der Waals surface area (Å²) in [6, 6.07) is 5.87. The monoisotopic (exact) mass is 434 g/mol. The van der Waals surface area contributed by atoms with Crippen LogP contribution in [0.15, 0.2) is 29.2 Å². The molecule has 0 saturated carbocycles. The predicted molar refractivity (Wildman–Crippen MR) is 110 cm³/mol. The molecule has 0 bridgehead atoms. The average molecular weight is 435 g/mol. The standard InChI is InChI=1S/C19H22N4O4S2/c24-17-12-23(10-9-20-17)29(26,27)14-6-4-5-13(11-14)18(25)22-19-21-15-7-2-1-3-8-16(15)28-19/h4-6,11H,1-3,7-10,12H2,(H,20,24)(H,21,22,25). The van der Waals surface area contributed by atoms with Crippen LogP contribution >= 0.6 is 11.3 Å². The molecule has 1 fully saturated rings. The maximum Gasteiger partial charge on any atom is 0.257 e. The highest BCUT2D eigenvalue weighted by atomic mass is 32.2. The first-order valence-corrected chi connectivity index (χ1v) is 11.9. The van der Waals surface area contributed by atoms with Gasteiger partial charge in [0, 0.05) is 23.5 Å². The number of carbonyl (C=O) groups excluding carboxylic acids is 2. The van der Waals surface area contributed by atoms with Crippen LogP contribution in [0.3, 0.4) is 0 Å². The molecular formula is C19H22N4O4S2. The molecule has 1 aliphatic carbocycles. The van der Waals surface area contributed by atoms with Crippen LogP contribution in [-0.2, 0) is 27.7 Å². The average Bonchev–Trinajstić information content (AvgIpc) is 2.96. The molecule has 1 aromatic carbocycles. The normalized spacial score (nSPS) is 17.9. The number of rotatable bonds is 4. The van der Waals surface area contributed by atoms with E-state index in [2.05, 4.69) is 15.6 Å². The molecule has 0 unspecified atom stereocenters. The number of aromatic nitrogens is 1. The van der Waals surface area contributed by atoms with Crippen LogP contribution in [0, 0.1) is 0 Å². The maximum absolute atomic E-state index is 12.8. The molecule has 154 valence electrons. The number of thiazole rings is 1. The fraction of sp³-hybridized carbons (Fsp3) is 0.421. The molecule has 2 heterocycles. The van der Waals surface area contributed by atoms with Crippen LogP contribution in [0.5, 0.6) is 0 Å². The lowest BCUT2D eigenvalue weighted by Gasteiger charge is -2.26. The van der Waals surface area contributed by atoms with Crippen LogP contribution in [0.1, 0.15) is 40.2 Å².